The minimum Gasteiger partial charge on any atom is -0.462 e. The molecule has 4 nitrogen and oxygen atoms in total. The highest BCUT2D eigenvalue weighted by Gasteiger charge is 2.41. The van der Waals surface area contributed by atoms with E-state index in [1.165, 1.54) is 25.7 Å². The van der Waals surface area contributed by atoms with Crippen LogP contribution in [-0.4, -0.2) is 23.6 Å². The first kappa shape index (κ1) is 18.4. The second kappa shape index (κ2) is 7.59. The lowest BCUT2D eigenvalue weighted by atomic mass is 9.84. The van der Waals surface area contributed by atoms with Crippen molar-refractivity contribution >= 4 is 16.9 Å². The summed E-state index contributed by atoms with van der Waals surface area (Å²) in [5.41, 5.74) is 3.33. The summed E-state index contributed by atoms with van der Waals surface area (Å²) in [5.74, 6) is 2.32. The average Bonchev–Trinajstić information content (AvgIpc) is 3.30. The van der Waals surface area contributed by atoms with E-state index < -0.39 is 0 Å². The fourth-order valence-corrected chi connectivity index (χ4v) is 5.36. The molecule has 2 aromatic rings. The molecule has 2 aliphatic carbocycles. The Bertz CT molecular complexity index is 848. The highest BCUT2D eigenvalue weighted by Crippen LogP contribution is 2.49. The van der Waals surface area contributed by atoms with Gasteiger partial charge in [-0.25, -0.2) is 4.79 Å². The summed E-state index contributed by atoms with van der Waals surface area (Å²) >= 11 is 0. The Kier molecular flexibility index (Phi) is 5.18. The zero-order valence-corrected chi connectivity index (χ0v) is 16.6. The number of para-hydroxylation sites is 1. The Morgan fingerprint density at radius 3 is 2.81 bits per heavy atom. The highest BCUT2D eigenvalue weighted by molar-refractivity contribution is 5.98. The van der Waals surface area contributed by atoms with Gasteiger partial charge in [-0.15, -0.1) is 0 Å². The van der Waals surface area contributed by atoms with Crippen LogP contribution in [0.1, 0.15) is 61.1 Å². The maximum absolute atomic E-state index is 12.6. The van der Waals surface area contributed by atoms with Crippen LogP contribution in [0.5, 0.6) is 0 Å². The molecule has 4 atom stereocenters. The summed E-state index contributed by atoms with van der Waals surface area (Å²) in [4.78, 5) is 17.5. The highest BCUT2D eigenvalue weighted by atomic mass is 16.5. The topological polar surface area (TPSA) is 51.2 Å². The number of aryl methyl sites for hydroxylation is 1. The van der Waals surface area contributed by atoms with Gasteiger partial charge in [0.15, 0.2) is 0 Å². The third kappa shape index (κ3) is 3.47. The minimum atomic E-state index is -0.266. The monoisotopic (exact) mass is 366 g/mol. The largest absolute Gasteiger partial charge is 0.462 e. The van der Waals surface area contributed by atoms with Crippen LogP contribution >= 0.6 is 0 Å². The molecule has 0 aliphatic heterocycles. The molecule has 4 heteroatoms. The van der Waals surface area contributed by atoms with Crippen LogP contribution < -0.4 is 5.32 Å². The van der Waals surface area contributed by atoms with E-state index in [2.05, 4.69) is 12.2 Å². The molecule has 0 saturated heterocycles. The number of nitrogens with one attached hydrogen (secondary N) is 1. The molecular formula is C23H30N2O2. The van der Waals surface area contributed by atoms with Crippen LogP contribution in [0.15, 0.2) is 24.3 Å². The van der Waals surface area contributed by atoms with Crippen LogP contribution in [0.3, 0.4) is 0 Å². The fourth-order valence-electron chi connectivity index (χ4n) is 5.36. The number of esters is 1. The normalized spacial score (nSPS) is 25.1. The standard InChI is InChI=1S/C23H30N2O2/c1-4-27-23(26)22-14(2)18-7-5-6-8-20(18)25-21(22)13-24-15(3)19-12-16-9-10-17(19)11-16/h5-8,15-17,19,24H,4,9-13H2,1-3H3. The second-order valence-corrected chi connectivity index (χ2v) is 8.30. The van der Waals surface area contributed by atoms with Crippen molar-refractivity contribution in [3.05, 3.63) is 41.1 Å². The van der Waals surface area contributed by atoms with Crippen molar-refractivity contribution in [3.8, 4) is 0 Å². The van der Waals surface area contributed by atoms with Gasteiger partial charge in [-0.3, -0.25) is 4.98 Å². The predicted molar refractivity (Wildman–Crippen MR) is 108 cm³/mol. The van der Waals surface area contributed by atoms with Gasteiger partial charge in [0.2, 0.25) is 0 Å². The first-order valence-corrected chi connectivity index (χ1v) is 10.4. The molecule has 0 spiro atoms. The maximum atomic E-state index is 12.6. The number of rotatable bonds is 6. The molecular weight excluding hydrogens is 336 g/mol. The molecule has 1 aromatic carbocycles. The first-order chi connectivity index (χ1) is 13.1. The van der Waals surface area contributed by atoms with E-state index in [0.29, 0.717) is 24.8 Å². The number of pyridine rings is 1. The van der Waals surface area contributed by atoms with Gasteiger partial charge < -0.3 is 10.1 Å². The Labute approximate surface area is 161 Å². The fraction of sp³-hybridized carbons (Fsp3) is 0.565. The summed E-state index contributed by atoms with van der Waals surface area (Å²) < 4.78 is 5.34. The predicted octanol–water partition coefficient (Wildman–Crippen LogP) is 4.63. The van der Waals surface area contributed by atoms with Crippen LogP contribution in [0.25, 0.3) is 10.9 Å². The van der Waals surface area contributed by atoms with E-state index in [0.717, 1.165) is 39.9 Å². The van der Waals surface area contributed by atoms with E-state index in [-0.39, 0.29) is 5.97 Å². The molecule has 0 amide bonds. The van der Waals surface area contributed by atoms with Crippen molar-refractivity contribution in [1.29, 1.82) is 0 Å². The van der Waals surface area contributed by atoms with Crippen molar-refractivity contribution in [3.63, 3.8) is 0 Å². The summed E-state index contributed by atoms with van der Waals surface area (Å²) in [6, 6.07) is 8.47. The van der Waals surface area contributed by atoms with E-state index in [4.69, 9.17) is 9.72 Å². The Hall–Kier alpha value is -1.94. The molecule has 2 aliphatic rings. The molecule has 4 rings (SSSR count). The molecule has 1 aromatic heterocycles. The summed E-state index contributed by atoms with van der Waals surface area (Å²) in [7, 11) is 0. The van der Waals surface area contributed by atoms with Gasteiger partial charge in [-0.05, 0) is 69.4 Å². The van der Waals surface area contributed by atoms with Crippen LogP contribution in [0.4, 0.5) is 0 Å². The molecule has 27 heavy (non-hydrogen) atoms. The van der Waals surface area contributed by atoms with Gasteiger partial charge in [-0.2, -0.15) is 0 Å². The van der Waals surface area contributed by atoms with Gasteiger partial charge in [-0.1, -0.05) is 24.6 Å². The molecule has 2 fully saturated rings. The summed E-state index contributed by atoms with van der Waals surface area (Å²) in [6.45, 7) is 7.12. The molecule has 1 N–H and O–H groups in total. The van der Waals surface area contributed by atoms with Gasteiger partial charge in [0.05, 0.1) is 23.4 Å². The number of nitrogens with zero attached hydrogens (tertiary/aromatic N) is 1. The quantitative estimate of drug-likeness (QED) is 0.757. The van der Waals surface area contributed by atoms with Crippen LogP contribution in [0, 0.1) is 24.7 Å². The van der Waals surface area contributed by atoms with Crippen molar-refractivity contribution in [1.82, 2.24) is 10.3 Å². The van der Waals surface area contributed by atoms with E-state index >= 15 is 0 Å². The Morgan fingerprint density at radius 1 is 1.30 bits per heavy atom. The van der Waals surface area contributed by atoms with Gasteiger partial charge in [0.1, 0.15) is 0 Å². The molecule has 0 radical (unpaired) electrons. The number of fused-ring (bicyclic) bond motifs is 3. The zero-order valence-electron chi connectivity index (χ0n) is 16.6. The smallest absolute Gasteiger partial charge is 0.340 e. The molecule has 144 valence electrons. The Morgan fingerprint density at radius 2 is 2.11 bits per heavy atom. The third-order valence-electron chi connectivity index (χ3n) is 6.73. The lowest BCUT2D eigenvalue weighted by Gasteiger charge is -2.29. The summed E-state index contributed by atoms with van der Waals surface area (Å²) in [6.07, 6.45) is 5.58. The maximum Gasteiger partial charge on any atom is 0.340 e. The van der Waals surface area contributed by atoms with Gasteiger partial charge in [0, 0.05) is 18.0 Å². The number of ether oxygens (including phenoxy) is 1. The lowest BCUT2D eigenvalue weighted by Crippen LogP contribution is -2.36. The number of aromatic nitrogens is 1. The van der Waals surface area contributed by atoms with Crippen molar-refractivity contribution in [2.45, 2.75) is 59.0 Å². The third-order valence-corrected chi connectivity index (χ3v) is 6.73. The number of carbonyl (C=O) groups excluding carboxylic acids is 1. The number of carbonyl (C=O) groups is 1. The molecule has 1 heterocycles. The molecule has 4 unspecified atom stereocenters. The SMILES string of the molecule is CCOC(=O)c1c(CNC(C)C2CC3CCC2C3)nc2ccccc2c1C. The minimum absolute atomic E-state index is 0.266. The van der Waals surface area contributed by atoms with Gasteiger partial charge in [0.25, 0.3) is 0 Å². The number of hydrogen-bond acceptors (Lipinski definition) is 4. The van der Waals surface area contributed by atoms with Crippen LogP contribution in [0.2, 0.25) is 0 Å². The van der Waals surface area contributed by atoms with Crippen LogP contribution in [-0.2, 0) is 11.3 Å². The zero-order chi connectivity index (χ0) is 19.0. The number of benzene rings is 1. The van der Waals surface area contributed by atoms with Crippen molar-refractivity contribution in [2.24, 2.45) is 17.8 Å². The van der Waals surface area contributed by atoms with Crippen molar-refractivity contribution < 1.29 is 9.53 Å². The molecule has 2 saturated carbocycles. The number of hydrogen-bond donors (Lipinski definition) is 1. The molecule has 2 bridgehead atoms. The summed E-state index contributed by atoms with van der Waals surface area (Å²) in [5, 5.41) is 4.70. The first-order valence-electron chi connectivity index (χ1n) is 10.4. The van der Waals surface area contributed by atoms with Gasteiger partial charge >= 0.3 is 5.97 Å². The Balaban J connectivity index is 1.59. The van der Waals surface area contributed by atoms with E-state index in [1.54, 1.807) is 0 Å². The lowest BCUT2D eigenvalue weighted by molar-refractivity contribution is 0.0523. The second-order valence-electron chi connectivity index (χ2n) is 8.30. The average molecular weight is 367 g/mol. The van der Waals surface area contributed by atoms with E-state index in [9.17, 15) is 4.79 Å². The van der Waals surface area contributed by atoms with E-state index in [1.807, 2.05) is 38.1 Å². The van der Waals surface area contributed by atoms with Crippen molar-refractivity contribution in [2.75, 3.05) is 6.61 Å².